The summed E-state index contributed by atoms with van der Waals surface area (Å²) < 4.78 is 0. The molecule has 20 heavy (non-hydrogen) atoms. The maximum atomic E-state index is 11.8. The van der Waals surface area contributed by atoms with E-state index in [2.05, 4.69) is 10.9 Å². The van der Waals surface area contributed by atoms with Gasteiger partial charge in [-0.25, -0.2) is 0 Å². The summed E-state index contributed by atoms with van der Waals surface area (Å²) in [6, 6.07) is 6.51. The first-order valence-corrected chi connectivity index (χ1v) is 6.57. The number of amides is 3. The van der Waals surface area contributed by atoms with Crippen molar-refractivity contribution in [1.29, 1.82) is 0 Å². The van der Waals surface area contributed by atoms with Gasteiger partial charge in [0.25, 0.3) is 11.8 Å². The lowest BCUT2D eigenvalue weighted by Crippen LogP contribution is -2.46. The van der Waals surface area contributed by atoms with Gasteiger partial charge in [0, 0.05) is 13.0 Å². The fourth-order valence-corrected chi connectivity index (χ4v) is 2.14. The van der Waals surface area contributed by atoms with E-state index in [1.165, 1.54) is 4.90 Å². The second kappa shape index (κ2) is 6.38. The minimum Gasteiger partial charge on any atom is -0.333 e. The first kappa shape index (κ1) is 14.3. The molecule has 1 saturated heterocycles. The average molecular weight is 296 g/mol. The molecule has 0 spiro atoms. The van der Waals surface area contributed by atoms with Crippen LogP contribution >= 0.6 is 11.6 Å². The predicted molar refractivity (Wildman–Crippen MR) is 72.9 cm³/mol. The van der Waals surface area contributed by atoms with Crippen LogP contribution in [-0.2, 0) is 9.59 Å². The zero-order valence-corrected chi connectivity index (χ0v) is 11.4. The lowest BCUT2D eigenvalue weighted by molar-refractivity contribution is -0.133. The monoisotopic (exact) mass is 295 g/mol. The summed E-state index contributed by atoms with van der Waals surface area (Å²) in [5.41, 5.74) is 4.80. The molecule has 2 rings (SSSR count). The summed E-state index contributed by atoms with van der Waals surface area (Å²) in [6.07, 6.45) is 1.23. The molecule has 0 saturated carbocycles. The molecule has 0 bridgehead atoms. The fraction of sp³-hybridized carbons (Fsp3) is 0.308. The zero-order valence-electron chi connectivity index (χ0n) is 10.7. The fourth-order valence-electron chi connectivity index (χ4n) is 1.92. The van der Waals surface area contributed by atoms with Gasteiger partial charge >= 0.3 is 0 Å². The third kappa shape index (κ3) is 3.48. The number of carbonyl (C=O) groups is 3. The second-order valence-electron chi connectivity index (χ2n) is 4.40. The van der Waals surface area contributed by atoms with Gasteiger partial charge in [-0.05, 0) is 18.6 Å². The number of halogens is 1. The van der Waals surface area contributed by atoms with Crippen molar-refractivity contribution >= 4 is 29.3 Å². The number of nitrogens with zero attached hydrogens (tertiary/aromatic N) is 1. The molecular formula is C13H14ClN3O3. The van der Waals surface area contributed by atoms with Crippen LogP contribution in [0.1, 0.15) is 23.2 Å². The van der Waals surface area contributed by atoms with Gasteiger partial charge < -0.3 is 4.90 Å². The number of benzene rings is 1. The molecule has 106 valence electrons. The molecule has 1 aliphatic heterocycles. The van der Waals surface area contributed by atoms with Crippen molar-refractivity contribution in [3.05, 3.63) is 34.9 Å². The lowest BCUT2D eigenvalue weighted by Gasteiger charge is -2.15. The van der Waals surface area contributed by atoms with E-state index in [9.17, 15) is 14.4 Å². The van der Waals surface area contributed by atoms with Crippen LogP contribution in [0.25, 0.3) is 0 Å². The largest absolute Gasteiger partial charge is 0.333 e. The maximum Gasteiger partial charge on any atom is 0.271 e. The Labute approximate surface area is 121 Å². The minimum absolute atomic E-state index is 0.0439. The number of rotatable bonds is 3. The smallest absolute Gasteiger partial charge is 0.271 e. The standard InChI is InChI=1S/C13H14ClN3O3/c14-10-5-2-1-4-9(10)13(20)16-15-11(18)8-17-7-3-6-12(17)19/h1-2,4-5H,3,6-8H2,(H,15,18)(H,16,20). The molecule has 0 radical (unpaired) electrons. The number of carbonyl (C=O) groups excluding carboxylic acids is 3. The summed E-state index contributed by atoms with van der Waals surface area (Å²) in [4.78, 5) is 36.2. The van der Waals surface area contributed by atoms with Gasteiger partial charge in [-0.15, -0.1) is 0 Å². The highest BCUT2D eigenvalue weighted by Crippen LogP contribution is 2.14. The summed E-state index contributed by atoms with van der Waals surface area (Å²) in [5.74, 6) is -0.991. The predicted octanol–water partition coefficient (Wildman–Crippen LogP) is 0.723. The highest BCUT2D eigenvalue weighted by molar-refractivity contribution is 6.33. The van der Waals surface area contributed by atoms with Gasteiger partial charge in [0.1, 0.15) is 6.54 Å². The van der Waals surface area contributed by atoms with E-state index in [-0.39, 0.29) is 18.0 Å². The normalized spacial score (nSPS) is 14.2. The topological polar surface area (TPSA) is 78.5 Å². The van der Waals surface area contributed by atoms with Crippen LogP contribution in [0.2, 0.25) is 5.02 Å². The molecule has 7 heteroatoms. The molecule has 1 fully saturated rings. The van der Waals surface area contributed by atoms with Crippen molar-refractivity contribution < 1.29 is 14.4 Å². The Morgan fingerprint density at radius 3 is 2.65 bits per heavy atom. The van der Waals surface area contributed by atoms with E-state index in [0.717, 1.165) is 6.42 Å². The average Bonchev–Trinajstić information content (AvgIpc) is 2.82. The van der Waals surface area contributed by atoms with E-state index in [1.807, 2.05) is 0 Å². The molecule has 2 N–H and O–H groups in total. The summed E-state index contributed by atoms with van der Waals surface area (Å²) in [6.45, 7) is 0.520. The molecule has 0 unspecified atom stereocenters. The third-order valence-corrected chi connectivity index (χ3v) is 3.27. The van der Waals surface area contributed by atoms with Crippen molar-refractivity contribution in [1.82, 2.24) is 15.8 Å². The van der Waals surface area contributed by atoms with Crippen molar-refractivity contribution in [2.45, 2.75) is 12.8 Å². The number of nitrogens with one attached hydrogen (secondary N) is 2. The van der Waals surface area contributed by atoms with Gasteiger partial charge in [0.15, 0.2) is 0 Å². The zero-order chi connectivity index (χ0) is 14.5. The molecule has 1 aromatic rings. The van der Waals surface area contributed by atoms with Gasteiger partial charge in [0.05, 0.1) is 10.6 Å². The highest BCUT2D eigenvalue weighted by Gasteiger charge is 2.22. The van der Waals surface area contributed by atoms with Crippen molar-refractivity contribution in [2.24, 2.45) is 0 Å². The highest BCUT2D eigenvalue weighted by atomic mass is 35.5. The summed E-state index contributed by atoms with van der Waals surface area (Å²) in [7, 11) is 0. The van der Waals surface area contributed by atoms with Crippen molar-refractivity contribution in [2.75, 3.05) is 13.1 Å². The van der Waals surface area contributed by atoms with Crippen molar-refractivity contribution in [3.8, 4) is 0 Å². The Kier molecular flexibility index (Phi) is 4.57. The maximum absolute atomic E-state index is 11.8. The van der Waals surface area contributed by atoms with Crippen LogP contribution in [0.3, 0.4) is 0 Å². The third-order valence-electron chi connectivity index (χ3n) is 2.94. The Balaban J connectivity index is 1.83. The van der Waals surface area contributed by atoms with E-state index < -0.39 is 11.8 Å². The van der Waals surface area contributed by atoms with Crippen LogP contribution < -0.4 is 10.9 Å². The Bertz CT molecular complexity index is 547. The lowest BCUT2D eigenvalue weighted by atomic mass is 10.2. The molecular weight excluding hydrogens is 282 g/mol. The molecule has 3 amide bonds. The van der Waals surface area contributed by atoms with Gasteiger partial charge in [-0.1, -0.05) is 23.7 Å². The molecule has 1 aliphatic rings. The Morgan fingerprint density at radius 2 is 2.00 bits per heavy atom. The molecule has 6 nitrogen and oxygen atoms in total. The van der Waals surface area contributed by atoms with Gasteiger partial charge in [0.2, 0.25) is 5.91 Å². The molecule has 1 heterocycles. The number of hydrogen-bond acceptors (Lipinski definition) is 3. The summed E-state index contributed by atoms with van der Waals surface area (Å²) in [5, 5.41) is 0.300. The van der Waals surface area contributed by atoms with E-state index in [4.69, 9.17) is 11.6 Å². The minimum atomic E-state index is -0.503. The Morgan fingerprint density at radius 1 is 1.25 bits per heavy atom. The first-order valence-electron chi connectivity index (χ1n) is 6.19. The van der Waals surface area contributed by atoms with E-state index >= 15 is 0 Å². The van der Waals surface area contributed by atoms with Crippen LogP contribution in [0.5, 0.6) is 0 Å². The Hall–Kier alpha value is -2.08. The second-order valence-corrected chi connectivity index (χ2v) is 4.81. The molecule has 0 aromatic heterocycles. The number of hydrogen-bond donors (Lipinski definition) is 2. The van der Waals surface area contributed by atoms with Gasteiger partial charge in [-0.2, -0.15) is 0 Å². The SMILES string of the molecule is O=C(CN1CCCC1=O)NNC(=O)c1ccccc1Cl. The first-order chi connectivity index (χ1) is 9.58. The number of likely N-dealkylation sites (tertiary alicyclic amines) is 1. The molecule has 0 aliphatic carbocycles. The van der Waals surface area contributed by atoms with Crippen LogP contribution in [0.15, 0.2) is 24.3 Å². The summed E-state index contributed by atoms with van der Waals surface area (Å²) >= 11 is 5.86. The quantitative estimate of drug-likeness (QED) is 0.807. The van der Waals surface area contributed by atoms with Crippen LogP contribution in [0, 0.1) is 0 Å². The molecule has 1 aromatic carbocycles. The molecule has 0 atom stereocenters. The van der Waals surface area contributed by atoms with Crippen LogP contribution in [-0.4, -0.2) is 35.7 Å². The van der Waals surface area contributed by atoms with E-state index in [1.54, 1.807) is 24.3 Å². The van der Waals surface area contributed by atoms with Crippen LogP contribution in [0.4, 0.5) is 0 Å². The van der Waals surface area contributed by atoms with Gasteiger partial charge in [-0.3, -0.25) is 25.2 Å². The van der Waals surface area contributed by atoms with E-state index in [0.29, 0.717) is 18.0 Å². The number of hydrazine groups is 1. The van der Waals surface area contributed by atoms with Crippen molar-refractivity contribution in [3.63, 3.8) is 0 Å².